The van der Waals surface area contributed by atoms with Crippen LogP contribution in [0.15, 0.2) is 42.6 Å². The fourth-order valence-electron chi connectivity index (χ4n) is 1.17. The zero-order chi connectivity index (χ0) is 11.5. The average Bonchev–Trinajstić information content (AvgIpc) is 2.18. The molecule has 1 aromatic carbocycles. The van der Waals surface area contributed by atoms with Crippen LogP contribution in [0.5, 0.6) is 0 Å². The number of carbonyl (C=O) groups is 1. The van der Waals surface area contributed by atoms with Crippen LogP contribution in [0.25, 0.3) is 0 Å². The summed E-state index contributed by atoms with van der Waals surface area (Å²) in [7, 11) is 0. The second kappa shape index (κ2) is 4.14. The summed E-state index contributed by atoms with van der Waals surface area (Å²) in [6, 6.07) is 9.25. The minimum Gasteiger partial charge on any atom is -0.395 e. The zero-order valence-corrected chi connectivity index (χ0v) is 8.66. The summed E-state index contributed by atoms with van der Waals surface area (Å²) in [5, 5.41) is 2.59. The van der Waals surface area contributed by atoms with E-state index < -0.39 is 11.6 Å². The Hall–Kier alpha value is -1.81. The maximum Gasteiger partial charge on any atom is 0.268 e. The number of nitrogens with two attached hydrogens (primary N) is 2. The highest BCUT2D eigenvalue weighted by Crippen LogP contribution is 2.13. The van der Waals surface area contributed by atoms with E-state index in [4.69, 9.17) is 11.5 Å². The van der Waals surface area contributed by atoms with Crippen molar-refractivity contribution >= 4 is 5.91 Å². The third kappa shape index (κ3) is 2.82. The summed E-state index contributed by atoms with van der Waals surface area (Å²) >= 11 is 0. The number of hydrogen-bond acceptors (Lipinski definition) is 3. The predicted octanol–water partition coefficient (Wildman–Crippen LogP) is 0.407. The fourth-order valence-corrected chi connectivity index (χ4v) is 1.17. The number of nitrogens with one attached hydrogen (secondary N) is 1. The zero-order valence-electron chi connectivity index (χ0n) is 8.66. The number of carbonyl (C=O) groups excluding carboxylic acids is 1. The van der Waals surface area contributed by atoms with Crippen molar-refractivity contribution in [2.75, 3.05) is 0 Å². The van der Waals surface area contributed by atoms with Gasteiger partial charge in [0.2, 0.25) is 0 Å². The lowest BCUT2D eigenvalue weighted by molar-refractivity contribution is -0.119. The topological polar surface area (TPSA) is 81.1 Å². The van der Waals surface area contributed by atoms with E-state index >= 15 is 0 Å². The van der Waals surface area contributed by atoms with Gasteiger partial charge in [-0.25, -0.2) is 0 Å². The van der Waals surface area contributed by atoms with E-state index in [-0.39, 0.29) is 5.70 Å². The SMILES string of the molecule is C=C(N)C(=O)NC(C)(N)c1ccccc1. The quantitative estimate of drug-likeness (QED) is 0.493. The second-order valence-corrected chi connectivity index (χ2v) is 3.55. The Balaban J connectivity index is 2.85. The maximum atomic E-state index is 11.3. The van der Waals surface area contributed by atoms with Gasteiger partial charge >= 0.3 is 0 Å². The molecular weight excluding hydrogens is 190 g/mol. The van der Waals surface area contributed by atoms with Gasteiger partial charge in [0, 0.05) is 0 Å². The van der Waals surface area contributed by atoms with Crippen molar-refractivity contribution in [2.24, 2.45) is 11.5 Å². The van der Waals surface area contributed by atoms with Crippen LogP contribution in [-0.4, -0.2) is 5.91 Å². The number of amides is 1. The van der Waals surface area contributed by atoms with Gasteiger partial charge in [0.15, 0.2) is 0 Å². The number of benzene rings is 1. The summed E-state index contributed by atoms with van der Waals surface area (Å²) in [6.07, 6.45) is 0. The molecule has 0 aliphatic carbocycles. The van der Waals surface area contributed by atoms with Crippen LogP contribution >= 0.6 is 0 Å². The normalized spacial score (nSPS) is 14.0. The standard InChI is InChI=1S/C11H15N3O/c1-8(12)10(15)14-11(2,13)9-6-4-3-5-7-9/h3-7H,1,12-13H2,2H3,(H,14,15). The number of rotatable bonds is 3. The van der Waals surface area contributed by atoms with Crippen molar-refractivity contribution in [3.05, 3.63) is 48.2 Å². The van der Waals surface area contributed by atoms with E-state index in [0.717, 1.165) is 5.56 Å². The molecule has 0 spiro atoms. The molecule has 0 saturated heterocycles. The molecule has 0 fully saturated rings. The first kappa shape index (κ1) is 11.3. The number of hydrogen-bond donors (Lipinski definition) is 3. The molecule has 1 unspecified atom stereocenters. The molecule has 4 heteroatoms. The van der Waals surface area contributed by atoms with Crippen LogP contribution in [0, 0.1) is 0 Å². The molecule has 0 saturated carbocycles. The van der Waals surface area contributed by atoms with Crippen LogP contribution in [-0.2, 0) is 10.5 Å². The van der Waals surface area contributed by atoms with Crippen molar-refractivity contribution in [2.45, 2.75) is 12.6 Å². The molecule has 0 aromatic heterocycles. The monoisotopic (exact) mass is 205 g/mol. The van der Waals surface area contributed by atoms with E-state index in [1.165, 1.54) is 0 Å². The first-order valence-corrected chi connectivity index (χ1v) is 4.55. The van der Waals surface area contributed by atoms with E-state index in [0.29, 0.717) is 0 Å². The van der Waals surface area contributed by atoms with Crippen LogP contribution in [0.4, 0.5) is 0 Å². The van der Waals surface area contributed by atoms with Gasteiger partial charge < -0.3 is 16.8 Å². The molecule has 1 aromatic rings. The van der Waals surface area contributed by atoms with Gasteiger partial charge in [-0.2, -0.15) is 0 Å². The van der Waals surface area contributed by atoms with Gasteiger partial charge in [-0.15, -0.1) is 0 Å². The molecule has 1 atom stereocenters. The molecule has 0 bridgehead atoms. The van der Waals surface area contributed by atoms with Crippen molar-refractivity contribution < 1.29 is 4.79 Å². The van der Waals surface area contributed by atoms with Gasteiger partial charge in [-0.05, 0) is 12.5 Å². The van der Waals surface area contributed by atoms with E-state index in [1.807, 2.05) is 30.3 Å². The highest BCUT2D eigenvalue weighted by molar-refractivity contribution is 5.92. The first-order chi connectivity index (χ1) is 6.93. The summed E-state index contributed by atoms with van der Waals surface area (Å²) in [6.45, 7) is 5.04. The molecule has 15 heavy (non-hydrogen) atoms. The summed E-state index contributed by atoms with van der Waals surface area (Å²) in [5.41, 5.74) is 11.0. The second-order valence-electron chi connectivity index (χ2n) is 3.55. The average molecular weight is 205 g/mol. The van der Waals surface area contributed by atoms with Crippen LogP contribution < -0.4 is 16.8 Å². The smallest absolute Gasteiger partial charge is 0.268 e. The summed E-state index contributed by atoms with van der Waals surface area (Å²) in [4.78, 5) is 11.3. The molecule has 1 amide bonds. The van der Waals surface area contributed by atoms with E-state index in [9.17, 15) is 4.79 Å². The molecule has 0 radical (unpaired) electrons. The molecule has 5 N–H and O–H groups in total. The minimum atomic E-state index is -0.944. The van der Waals surface area contributed by atoms with Crippen molar-refractivity contribution in [3.8, 4) is 0 Å². The third-order valence-corrected chi connectivity index (χ3v) is 2.04. The Morgan fingerprint density at radius 3 is 2.40 bits per heavy atom. The van der Waals surface area contributed by atoms with Crippen LogP contribution in [0.3, 0.4) is 0 Å². The van der Waals surface area contributed by atoms with Crippen molar-refractivity contribution in [1.82, 2.24) is 5.32 Å². The first-order valence-electron chi connectivity index (χ1n) is 4.55. The van der Waals surface area contributed by atoms with Gasteiger partial charge in [0.1, 0.15) is 5.66 Å². The minimum absolute atomic E-state index is 0.0531. The van der Waals surface area contributed by atoms with E-state index in [2.05, 4.69) is 11.9 Å². The Labute approximate surface area is 89.0 Å². The highest BCUT2D eigenvalue weighted by atomic mass is 16.2. The maximum absolute atomic E-state index is 11.3. The molecule has 1 rings (SSSR count). The molecule has 80 valence electrons. The van der Waals surface area contributed by atoms with Gasteiger partial charge in [-0.3, -0.25) is 4.79 Å². The van der Waals surface area contributed by atoms with E-state index in [1.54, 1.807) is 6.92 Å². The fraction of sp³-hybridized carbons (Fsp3) is 0.182. The predicted molar refractivity (Wildman–Crippen MR) is 59.5 cm³/mol. The molecule has 0 aliphatic heterocycles. The van der Waals surface area contributed by atoms with Gasteiger partial charge in [0.05, 0.1) is 5.70 Å². The highest BCUT2D eigenvalue weighted by Gasteiger charge is 2.23. The molecular formula is C11H15N3O. The van der Waals surface area contributed by atoms with Crippen LogP contribution in [0.1, 0.15) is 12.5 Å². The third-order valence-electron chi connectivity index (χ3n) is 2.04. The van der Waals surface area contributed by atoms with Gasteiger partial charge in [0.25, 0.3) is 5.91 Å². The molecule has 0 aliphatic rings. The van der Waals surface area contributed by atoms with Crippen molar-refractivity contribution in [1.29, 1.82) is 0 Å². The summed E-state index contributed by atoms with van der Waals surface area (Å²) in [5.74, 6) is -0.455. The lowest BCUT2D eigenvalue weighted by Crippen LogP contribution is -2.51. The van der Waals surface area contributed by atoms with Gasteiger partial charge in [-0.1, -0.05) is 36.9 Å². The Bertz CT molecular complexity index is 371. The lowest BCUT2D eigenvalue weighted by Gasteiger charge is -2.26. The Morgan fingerprint density at radius 2 is 1.93 bits per heavy atom. The molecule has 4 nitrogen and oxygen atoms in total. The van der Waals surface area contributed by atoms with Crippen molar-refractivity contribution in [3.63, 3.8) is 0 Å². The summed E-state index contributed by atoms with van der Waals surface area (Å²) < 4.78 is 0. The Kier molecular flexibility index (Phi) is 3.11. The Morgan fingerprint density at radius 1 is 1.40 bits per heavy atom. The largest absolute Gasteiger partial charge is 0.395 e. The van der Waals surface area contributed by atoms with Crippen LogP contribution in [0.2, 0.25) is 0 Å². The molecule has 0 heterocycles. The lowest BCUT2D eigenvalue weighted by atomic mass is 10.0.